The number of morpholine rings is 1. The second-order valence-electron chi connectivity index (χ2n) is 8.29. The lowest BCUT2D eigenvalue weighted by Gasteiger charge is -2.26. The highest BCUT2D eigenvalue weighted by molar-refractivity contribution is 8.26. The minimum atomic E-state index is -0.260. The third-order valence-corrected chi connectivity index (χ3v) is 7.33. The maximum Gasteiger partial charge on any atom is 0.267 e. The lowest BCUT2D eigenvalue weighted by Crippen LogP contribution is -2.39. The van der Waals surface area contributed by atoms with Crippen LogP contribution in [0.25, 0.3) is 11.7 Å². The van der Waals surface area contributed by atoms with Gasteiger partial charge in [0.15, 0.2) is 0 Å². The lowest BCUT2D eigenvalue weighted by atomic mass is 10.2. The molecule has 0 aliphatic carbocycles. The fourth-order valence-electron chi connectivity index (χ4n) is 4.06. The molecule has 1 N–H and O–H groups in total. The van der Waals surface area contributed by atoms with E-state index in [1.165, 1.54) is 21.1 Å². The van der Waals surface area contributed by atoms with Gasteiger partial charge in [0.2, 0.25) is 0 Å². The van der Waals surface area contributed by atoms with E-state index in [4.69, 9.17) is 26.4 Å². The quantitative estimate of drug-likeness (QED) is 0.380. The number of furan rings is 1. The zero-order valence-electron chi connectivity index (χ0n) is 19.2. The average Bonchev–Trinajstić information content (AvgIpc) is 3.47. The van der Waals surface area contributed by atoms with E-state index in [1.807, 2.05) is 19.1 Å². The minimum absolute atomic E-state index is 0.244. The van der Waals surface area contributed by atoms with Gasteiger partial charge in [0.25, 0.3) is 11.5 Å². The van der Waals surface area contributed by atoms with Crippen LogP contribution in [0, 0.1) is 6.92 Å². The topological polar surface area (TPSA) is 92.3 Å². The van der Waals surface area contributed by atoms with Gasteiger partial charge in [0.1, 0.15) is 21.5 Å². The van der Waals surface area contributed by atoms with Gasteiger partial charge in [0, 0.05) is 32.4 Å². The summed E-state index contributed by atoms with van der Waals surface area (Å²) >= 11 is 6.61. The molecule has 0 radical (unpaired) electrons. The summed E-state index contributed by atoms with van der Waals surface area (Å²) < 4.78 is 12.7. The third kappa shape index (κ3) is 5.03. The van der Waals surface area contributed by atoms with Crippen LogP contribution in [0.4, 0.5) is 5.82 Å². The summed E-state index contributed by atoms with van der Waals surface area (Å²) in [6, 6.07) is 7.28. The van der Waals surface area contributed by atoms with E-state index < -0.39 is 0 Å². The molecule has 0 aromatic carbocycles. The Balaban J connectivity index is 1.46. The van der Waals surface area contributed by atoms with Crippen molar-refractivity contribution in [3.63, 3.8) is 0 Å². The van der Waals surface area contributed by atoms with Gasteiger partial charge in [-0.2, -0.15) is 0 Å². The Morgan fingerprint density at radius 3 is 2.83 bits per heavy atom. The number of aryl methyl sites for hydroxylation is 1. The number of hydrogen-bond acceptors (Lipinski definition) is 9. The number of pyridine rings is 1. The van der Waals surface area contributed by atoms with Crippen molar-refractivity contribution in [2.24, 2.45) is 0 Å². The second kappa shape index (κ2) is 10.3. The molecule has 0 atom stereocenters. The molecule has 5 rings (SSSR count). The molecule has 0 spiro atoms. The highest BCUT2D eigenvalue weighted by Gasteiger charge is 2.33. The molecule has 0 bridgehead atoms. The van der Waals surface area contributed by atoms with Crippen LogP contribution in [0.1, 0.15) is 16.9 Å². The van der Waals surface area contributed by atoms with E-state index in [9.17, 15) is 9.59 Å². The summed E-state index contributed by atoms with van der Waals surface area (Å²) in [7, 11) is 0. The standard InChI is InChI=1S/C24H25N5O4S2/c1-16-4-2-7-28-21(16)26-20(25-6-8-27-9-12-32-13-10-27)18(22(28)30)14-19-23(31)29(24(34)35-19)15-17-5-3-11-33-17/h2-5,7,11,14,25H,6,8-10,12-13,15H2,1H3/b19-14-. The molecule has 0 unspecified atom stereocenters. The Morgan fingerprint density at radius 2 is 2.06 bits per heavy atom. The van der Waals surface area contributed by atoms with Crippen molar-refractivity contribution in [2.75, 3.05) is 44.7 Å². The number of anilines is 1. The van der Waals surface area contributed by atoms with Crippen LogP contribution >= 0.6 is 24.0 Å². The highest BCUT2D eigenvalue weighted by Crippen LogP contribution is 2.34. The van der Waals surface area contributed by atoms with Crippen LogP contribution in [0.3, 0.4) is 0 Å². The molecule has 9 nitrogen and oxygen atoms in total. The van der Waals surface area contributed by atoms with E-state index >= 15 is 0 Å². The van der Waals surface area contributed by atoms with Gasteiger partial charge >= 0.3 is 0 Å². The molecule has 11 heteroatoms. The first kappa shape index (κ1) is 23.7. The Bertz CT molecular complexity index is 1350. The monoisotopic (exact) mass is 511 g/mol. The number of fused-ring (bicyclic) bond motifs is 1. The Labute approximate surface area is 211 Å². The summed E-state index contributed by atoms with van der Waals surface area (Å²) in [4.78, 5) is 35.6. The normalized spacial score (nSPS) is 18.2. The number of thiocarbonyl (C=S) groups is 1. The number of carbonyl (C=O) groups is 1. The maximum absolute atomic E-state index is 13.5. The summed E-state index contributed by atoms with van der Waals surface area (Å²) in [6.07, 6.45) is 4.85. The van der Waals surface area contributed by atoms with Crippen LogP contribution in [-0.2, 0) is 16.1 Å². The molecule has 3 aromatic rings. The molecular formula is C24H25N5O4S2. The number of hydrogen-bond donors (Lipinski definition) is 1. The molecule has 2 aliphatic rings. The number of thioether (sulfide) groups is 1. The van der Waals surface area contributed by atoms with Crippen LogP contribution in [0.2, 0.25) is 0 Å². The molecular weight excluding hydrogens is 486 g/mol. The first-order chi connectivity index (χ1) is 17.0. The predicted molar refractivity (Wildman–Crippen MR) is 139 cm³/mol. The smallest absolute Gasteiger partial charge is 0.267 e. The van der Waals surface area contributed by atoms with Gasteiger partial charge in [0.05, 0.1) is 36.5 Å². The number of amides is 1. The highest BCUT2D eigenvalue weighted by atomic mass is 32.2. The molecule has 1 amide bonds. The number of nitrogens with zero attached hydrogens (tertiary/aromatic N) is 4. The number of aromatic nitrogens is 2. The van der Waals surface area contributed by atoms with E-state index in [0.29, 0.717) is 38.6 Å². The van der Waals surface area contributed by atoms with Gasteiger partial charge < -0.3 is 14.5 Å². The molecule has 2 aliphatic heterocycles. The van der Waals surface area contributed by atoms with Gasteiger partial charge in [-0.1, -0.05) is 30.0 Å². The maximum atomic E-state index is 13.5. The van der Waals surface area contributed by atoms with Gasteiger partial charge in [-0.25, -0.2) is 4.98 Å². The Hall–Kier alpha value is -2.99. The van der Waals surface area contributed by atoms with Crippen molar-refractivity contribution < 1.29 is 13.9 Å². The second-order valence-corrected chi connectivity index (χ2v) is 9.97. The number of rotatable bonds is 7. The Morgan fingerprint density at radius 1 is 1.23 bits per heavy atom. The van der Waals surface area contributed by atoms with Crippen molar-refractivity contribution in [3.8, 4) is 0 Å². The molecule has 0 saturated carbocycles. The first-order valence-corrected chi connectivity index (χ1v) is 12.6. The van der Waals surface area contributed by atoms with Crippen LogP contribution in [-0.4, -0.2) is 68.8 Å². The van der Waals surface area contributed by atoms with Crippen molar-refractivity contribution >= 4 is 51.7 Å². The fraction of sp³-hybridized carbons (Fsp3) is 0.333. The zero-order chi connectivity index (χ0) is 24.4. The van der Waals surface area contributed by atoms with E-state index in [1.54, 1.807) is 30.7 Å². The zero-order valence-corrected chi connectivity index (χ0v) is 20.9. The minimum Gasteiger partial charge on any atom is -0.467 e. The molecule has 182 valence electrons. The summed E-state index contributed by atoms with van der Waals surface area (Å²) in [5.41, 5.74) is 1.54. The van der Waals surface area contributed by atoms with E-state index in [-0.39, 0.29) is 18.0 Å². The number of carbonyl (C=O) groups excluding carboxylic acids is 1. The number of nitrogens with one attached hydrogen (secondary N) is 1. The third-order valence-electron chi connectivity index (χ3n) is 5.95. The van der Waals surface area contributed by atoms with E-state index in [2.05, 4.69) is 10.2 Å². The van der Waals surface area contributed by atoms with Gasteiger partial charge in [-0.3, -0.25) is 23.8 Å². The predicted octanol–water partition coefficient (Wildman–Crippen LogP) is 2.74. The Kier molecular flexibility index (Phi) is 7.00. The van der Waals surface area contributed by atoms with Crippen molar-refractivity contribution in [1.82, 2.24) is 19.2 Å². The van der Waals surface area contributed by atoms with Gasteiger partial charge in [-0.15, -0.1) is 0 Å². The molecule has 2 saturated heterocycles. The first-order valence-electron chi connectivity index (χ1n) is 11.3. The van der Waals surface area contributed by atoms with Crippen LogP contribution in [0.15, 0.2) is 50.8 Å². The molecule has 2 fully saturated rings. The van der Waals surface area contributed by atoms with E-state index in [0.717, 1.165) is 38.4 Å². The molecule has 3 aromatic heterocycles. The summed E-state index contributed by atoms with van der Waals surface area (Å²) in [5.74, 6) is 0.828. The van der Waals surface area contributed by atoms with Crippen LogP contribution < -0.4 is 10.9 Å². The SMILES string of the molecule is Cc1cccn2c(=O)c(/C=C3\SC(=S)N(Cc4ccco4)C3=O)c(NCCN3CCOCC3)nc12. The largest absolute Gasteiger partial charge is 0.467 e. The van der Waals surface area contributed by atoms with Crippen molar-refractivity contribution in [2.45, 2.75) is 13.5 Å². The number of ether oxygens (including phenoxy) is 1. The van der Waals surface area contributed by atoms with Crippen molar-refractivity contribution in [1.29, 1.82) is 0 Å². The molecule has 35 heavy (non-hydrogen) atoms. The summed E-state index contributed by atoms with van der Waals surface area (Å²) in [6.45, 7) is 6.75. The lowest BCUT2D eigenvalue weighted by molar-refractivity contribution is -0.122. The average molecular weight is 512 g/mol. The van der Waals surface area contributed by atoms with Gasteiger partial charge in [-0.05, 0) is 36.8 Å². The summed E-state index contributed by atoms with van der Waals surface area (Å²) in [5, 5.41) is 3.33. The fourth-order valence-corrected chi connectivity index (χ4v) is 5.30. The van der Waals surface area contributed by atoms with Crippen molar-refractivity contribution in [3.05, 3.63) is 68.9 Å². The van der Waals surface area contributed by atoms with Crippen LogP contribution in [0.5, 0.6) is 0 Å². The molecule has 5 heterocycles.